The third-order valence-corrected chi connectivity index (χ3v) is 2.68. The van der Waals surface area contributed by atoms with Crippen LogP contribution in [0.2, 0.25) is 0 Å². The van der Waals surface area contributed by atoms with Crippen LogP contribution in [0, 0.1) is 5.41 Å². The van der Waals surface area contributed by atoms with E-state index in [1.165, 1.54) is 0 Å². The van der Waals surface area contributed by atoms with E-state index in [1.807, 2.05) is 0 Å². The Morgan fingerprint density at radius 2 is 2.06 bits per heavy atom. The third kappa shape index (κ3) is 4.97. The van der Waals surface area contributed by atoms with E-state index in [9.17, 15) is 14.4 Å². The molecule has 1 aliphatic heterocycles. The quantitative estimate of drug-likeness (QED) is 0.714. The highest BCUT2D eigenvalue weighted by molar-refractivity contribution is 6.01. The Morgan fingerprint density at radius 3 is 2.59 bits per heavy atom. The predicted octanol–water partition coefficient (Wildman–Crippen LogP) is 0.734. The van der Waals surface area contributed by atoms with Gasteiger partial charge in [-0.1, -0.05) is 20.8 Å². The summed E-state index contributed by atoms with van der Waals surface area (Å²) >= 11 is 0. The molecule has 1 atom stereocenters. The van der Waals surface area contributed by atoms with E-state index in [4.69, 9.17) is 0 Å². The van der Waals surface area contributed by atoms with E-state index in [2.05, 4.69) is 31.4 Å². The minimum Gasteiger partial charge on any atom is -0.344 e. The zero-order chi connectivity index (χ0) is 13.1. The van der Waals surface area contributed by atoms with Crippen molar-refractivity contribution in [2.45, 2.75) is 52.5 Å². The van der Waals surface area contributed by atoms with Crippen molar-refractivity contribution in [1.82, 2.24) is 10.6 Å². The van der Waals surface area contributed by atoms with E-state index in [1.54, 1.807) is 0 Å². The first kappa shape index (κ1) is 13.7. The Hall–Kier alpha value is -1.39. The first-order chi connectivity index (χ1) is 7.78. The van der Waals surface area contributed by atoms with E-state index < -0.39 is 11.9 Å². The topological polar surface area (TPSA) is 75.3 Å². The van der Waals surface area contributed by atoms with Crippen LogP contribution in [-0.4, -0.2) is 23.8 Å². The van der Waals surface area contributed by atoms with Crippen LogP contribution in [0.1, 0.15) is 46.5 Å². The van der Waals surface area contributed by atoms with Gasteiger partial charge >= 0.3 is 0 Å². The van der Waals surface area contributed by atoms with Crippen molar-refractivity contribution >= 4 is 17.7 Å². The van der Waals surface area contributed by atoms with Crippen LogP contribution >= 0.6 is 0 Å². The fourth-order valence-electron chi connectivity index (χ4n) is 1.59. The predicted molar refractivity (Wildman–Crippen MR) is 63.0 cm³/mol. The second-order valence-electron chi connectivity index (χ2n) is 5.63. The monoisotopic (exact) mass is 240 g/mol. The molecule has 1 saturated heterocycles. The molecule has 0 bridgehead atoms. The largest absolute Gasteiger partial charge is 0.344 e. The van der Waals surface area contributed by atoms with Crippen molar-refractivity contribution in [3.63, 3.8) is 0 Å². The van der Waals surface area contributed by atoms with E-state index in [-0.39, 0.29) is 23.7 Å². The van der Waals surface area contributed by atoms with Crippen molar-refractivity contribution in [2.24, 2.45) is 5.41 Å². The van der Waals surface area contributed by atoms with Crippen molar-refractivity contribution in [3.05, 3.63) is 0 Å². The first-order valence-corrected chi connectivity index (χ1v) is 5.91. The van der Waals surface area contributed by atoms with Crippen LogP contribution in [0.15, 0.2) is 0 Å². The van der Waals surface area contributed by atoms with Crippen LogP contribution in [0.4, 0.5) is 0 Å². The molecule has 0 spiro atoms. The summed E-state index contributed by atoms with van der Waals surface area (Å²) < 4.78 is 0. The molecule has 0 aliphatic carbocycles. The van der Waals surface area contributed by atoms with Gasteiger partial charge in [0.25, 0.3) is 0 Å². The van der Waals surface area contributed by atoms with Gasteiger partial charge < -0.3 is 5.32 Å². The first-order valence-electron chi connectivity index (χ1n) is 5.91. The lowest BCUT2D eigenvalue weighted by molar-refractivity contribution is -0.137. The highest BCUT2D eigenvalue weighted by Gasteiger charge is 2.27. The molecule has 0 saturated carbocycles. The number of amides is 3. The molecule has 1 rings (SSSR count). The number of carbonyl (C=O) groups is 3. The summed E-state index contributed by atoms with van der Waals surface area (Å²) in [5.74, 6) is -0.796. The van der Waals surface area contributed by atoms with Crippen molar-refractivity contribution in [1.29, 1.82) is 0 Å². The summed E-state index contributed by atoms with van der Waals surface area (Å²) in [6.45, 7) is 6.19. The molecule has 1 fully saturated rings. The summed E-state index contributed by atoms with van der Waals surface area (Å²) in [6, 6.07) is -0.555. The molecule has 5 heteroatoms. The van der Waals surface area contributed by atoms with E-state index in [0.29, 0.717) is 12.8 Å². The number of nitrogens with one attached hydrogen (secondary N) is 2. The molecule has 3 amide bonds. The van der Waals surface area contributed by atoms with Gasteiger partial charge in [0.15, 0.2) is 0 Å². The minimum atomic E-state index is -0.555. The molecule has 1 aliphatic rings. The van der Waals surface area contributed by atoms with Gasteiger partial charge in [-0.15, -0.1) is 0 Å². The second-order valence-corrected chi connectivity index (χ2v) is 5.63. The lowest BCUT2D eigenvalue weighted by Gasteiger charge is -2.23. The molecule has 17 heavy (non-hydrogen) atoms. The standard InChI is InChI=1S/C12H20N2O3/c1-12(2,3)7-6-10(16)13-8-4-5-9(15)14-11(8)17/h8H,4-7H2,1-3H3,(H,13,16)(H,14,15,17). The smallest absolute Gasteiger partial charge is 0.249 e. The van der Waals surface area contributed by atoms with E-state index in [0.717, 1.165) is 6.42 Å². The van der Waals surface area contributed by atoms with Crippen LogP contribution in [0.5, 0.6) is 0 Å². The molecular formula is C12H20N2O3. The molecule has 2 N–H and O–H groups in total. The molecule has 0 radical (unpaired) electrons. The average Bonchev–Trinajstić information content (AvgIpc) is 2.18. The maximum Gasteiger partial charge on any atom is 0.249 e. The number of rotatable bonds is 3. The minimum absolute atomic E-state index is 0.0993. The summed E-state index contributed by atoms with van der Waals surface area (Å²) in [7, 11) is 0. The summed E-state index contributed by atoms with van der Waals surface area (Å²) in [4.78, 5) is 33.9. The SMILES string of the molecule is CC(C)(C)CCC(=O)NC1CCC(=O)NC1=O. The van der Waals surface area contributed by atoms with Crippen LogP contribution < -0.4 is 10.6 Å². The average molecular weight is 240 g/mol. The summed E-state index contributed by atoms with van der Waals surface area (Å²) in [6.07, 6.45) is 1.86. The number of carbonyl (C=O) groups excluding carboxylic acids is 3. The number of hydrogen-bond acceptors (Lipinski definition) is 3. The zero-order valence-corrected chi connectivity index (χ0v) is 10.6. The summed E-state index contributed by atoms with van der Waals surface area (Å²) in [5, 5.41) is 4.87. The fourth-order valence-corrected chi connectivity index (χ4v) is 1.59. The van der Waals surface area contributed by atoms with Gasteiger partial charge in [-0.2, -0.15) is 0 Å². The number of imide groups is 1. The normalized spacial score (nSPS) is 21.0. The fraction of sp³-hybridized carbons (Fsp3) is 0.750. The lowest BCUT2D eigenvalue weighted by atomic mass is 9.90. The zero-order valence-electron chi connectivity index (χ0n) is 10.6. The lowest BCUT2D eigenvalue weighted by Crippen LogP contribution is -2.52. The third-order valence-electron chi connectivity index (χ3n) is 2.68. The highest BCUT2D eigenvalue weighted by atomic mass is 16.2. The molecule has 1 unspecified atom stereocenters. The Balaban J connectivity index is 2.36. The molecule has 96 valence electrons. The maximum absolute atomic E-state index is 11.6. The Labute approximate surface area is 101 Å². The van der Waals surface area contributed by atoms with Crippen LogP contribution in [-0.2, 0) is 14.4 Å². The van der Waals surface area contributed by atoms with Crippen molar-refractivity contribution < 1.29 is 14.4 Å². The van der Waals surface area contributed by atoms with Gasteiger partial charge in [-0.3, -0.25) is 19.7 Å². The summed E-state index contributed by atoms with van der Waals surface area (Å²) in [5.41, 5.74) is 0.0993. The Bertz CT molecular complexity index is 331. The Morgan fingerprint density at radius 1 is 1.41 bits per heavy atom. The Kier molecular flexibility index (Phi) is 4.26. The second kappa shape index (κ2) is 5.29. The number of piperidine rings is 1. The van der Waals surface area contributed by atoms with Gasteiger partial charge in [0.2, 0.25) is 17.7 Å². The van der Waals surface area contributed by atoms with E-state index >= 15 is 0 Å². The van der Waals surface area contributed by atoms with Crippen molar-refractivity contribution in [3.8, 4) is 0 Å². The molecular weight excluding hydrogens is 220 g/mol. The molecule has 5 nitrogen and oxygen atoms in total. The van der Waals surface area contributed by atoms with Gasteiger partial charge in [0.05, 0.1) is 0 Å². The van der Waals surface area contributed by atoms with Crippen molar-refractivity contribution in [2.75, 3.05) is 0 Å². The van der Waals surface area contributed by atoms with Gasteiger partial charge in [-0.05, 0) is 18.3 Å². The highest BCUT2D eigenvalue weighted by Crippen LogP contribution is 2.20. The van der Waals surface area contributed by atoms with Gasteiger partial charge in [0, 0.05) is 12.8 Å². The molecule has 0 aromatic rings. The maximum atomic E-state index is 11.6. The molecule has 0 aromatic carbocycles. The number of hydrogen-bond donors (Lipinski definition) is 2. The molecule has 1 heterocycles. The van der Waals surface area contributed by atoms with Crippen LogP contribution in [0.3, 0.4) is 0 Å². The van der Waals surface area contributed by atoms with Gasteiger partial charge in [-0.25, -0.2) is 0 Å². The van der Waals surface area contributed by atoms with Crippen LogP contribution in [0.25, 0.3) is 0 Å². The molecule has 0 aromatic heterocycles. The van der Waals surface area contributed by atoms with Gasteiger partial charge in [0.1, 0.15) is 6.04 Å².